The molecule has 0 atom stereocenters. The van der Waals surface area contributed by atoms with E-state index in [0.29, 0.717) is 11.3 Å². The highest BCUT2D eigenvalue weighted by molar-refractivity contribution is 7.26. The van der Waals surface area contributed by atoms with Gasteiger partial charge in [-0.25, -0.2) is 4.98 Å². The fraction of sp³-hybridized carbons (Fsp3) is 0. The van der Waals surface area contributed by atoms with Crippen molar-refractivity contribution in [3.8, 4) is 34.4 Å². The summed E-state index contributed by atoms with van der Waals surface area (Å²) >= 11 is 0.638. The van der Waals surface area contributed by atoms with Crippen molar-refractivity contribution in [2.24, 2.45) is 0 Å². The first-order chi connectivity index (χ1) is 36.5. The molecule has 0 aliphatic rings. The van der Waals surface area contributed by atoms with Gasteiger partial charge in [0.15, 0.2) is 11.6 Å². The predicted octanol–water partition coefficient (Wildman–Crippen LogP) is 11.8. The largest absolute Gasteiger partial charge is 0.307 e. The lowest BCUT2D eigenvalue weighted by Crippen LogP contribution is -2.07. The van der Waals surface area contributed by atoms with Gasteiger partial charge in [-0.1, -0.05) is 127 Å². The van der Waals surface area contributed by atoms with Gasteiger partial charge >= 0.3 is 0 Å². The molecule has 6 heteroatoms. The van der Waals surface area contributed by atoms with Crippen LogP contribution < -0.4 is 0 Å². The second-order valence-corrected chi connectivity index (χ2v) is 11.9. The highest BCUT2D eigenvalue weighted by atomic mass is 32.1. The van der Waals surface area contributed by atoms with Gasteiger partial charge in [-0.15, -0.1) is 11.3 Å². The molecule has 0 radical (unpaired) electrons. The summed E-state index contributed by atoms with van der Waals surface area (Å²) < 4.78 is 243. The van der Waals surface area contributed by atoms with Crippen LogP contribution in [0.5, 0.6) is 0 Å². The summed E-state index contributed by atoms with van der Waals surface area (Å²) in [5.41, 5.74) is -4.46. The van der Waals surface area contributed by atoms with Crippen LogP contribution in [0.15, 0.2) is 163 Å². The molecule has 0 fully saturated rings. The monoisotopic (exact) mass is 696 g/mol. The zero-order valence-electron chi connectivity index (χ0n) is 52.1. The average Bonchev–Trinajstić information content (AvgIpc) is 4.31. The third kappa shape index (κ3) is 4.17. The molecule has 0 bridgehead atoms. The fourth-order valence-corrected chi connectivity index (χ4v) is 7.19. The number of fused-ring (bicyclic) bond motifs is 10. The van der Waals surface area contributed by atoms with E-state index in [0.717, 1.165) is 9.13 Å². The zero-order valence-corrected chi connectivity index (χ0v) is 26.0. The molecule has 0 saturated carbocycles. The minimum Gasteiger partial charge on any atom is -0.307 e. The smallest absolute Gasteiger partial charge is 0.238 e. The Labute approximate surface area is 334 Å². The third-order valence-corrected chi connectivity index (χ3v) is 9.28. The van der Waals surface area contributed by atoms with Gasteiger partial charge < -0.3 is 4.57 Å². The Morgan fingerprint density at radius 3 is 1.75 bits per heavy atom. The molecular formula is C45H27N5S. The number of para-hydroxylation sites is 3. The summed E-state index contributed by atoms with van der Waals surface area (Å²) in [6, 6.07) is -22.9. The van der Waals surface area contributed by atoms with Gasteiger partial charge in [0.2, 0.25) is 5.95 Å². The van der Waals surface area contributed by atoms with Crippen molar-refractivity contribution >= 4 is 75.1 Å². The maximum Gasteiger partial charge on any atom is 0.238 e. The number of aromatic nitrogens is 5. The molecule has 238 valence electrons. The summed E-state index contributed by atoms with van der Waals surface area (Å²) in [5, 5.41) is -2.70. The Morgan fingerprint density at radius 1 is 0.431 bits per heavy atom. The molecule has 51 heavy (non-hydrogen) atoms. The van der Waals surface area contributed by atoms with Crippen LogP contribution in [0, 0.1) is 0 Å². The SMILES string of the molecule is [2H]c1c([2H])c([2H])c(-c2nc(-c3c([2H])c([2H])c([2H])c4c3sc3c([2H])c([2H])c([2H])c([2H])c34)nc(-n3c4c([2H])c([2H])c([2H])c([2H])c4c4c([2H])c([2H])c5c6c([2H])c([2H])c([2H])c([2H])c6n(-c6c([2H])c([2H])c([2H])c([2H])c6[2H])c5c43)n2)c([2H])c1[2H]. The Hall–Kier alpha value is -6.63. The highest BCUT2D eigenvalue weighted by Crippen LogP contribution is 2.43. The van der Waals surface area contributed by atoms with Gasteiger partial charge in [0.05, 0.1) is 59.1 Å². The maximum absolute atomic E-state index is 9.67. The van der Waals surface area contributed by atoms with E-state index < -0.39 is 241 Å². The molecule has 0 unspecified atom stereocenters. The summed E-state index contributed by atoms with van der Waals surface area (Å²) in [5.74, 6) is -2.44. The Balaban J connectivity index is 1.48. The Kier molecular flexibility index (Phi) is 2.70. The third-order valence-electron chi connectivity index (χ3n) is 8.16. The first kappa shape index (κ1) is 12.6. The van der Waals surface area contributed by atoms with Crippen molar-refractivity contribution in [1.82, 2.24) is 24.1 Å². The predicted molar refractivity (Wildman–Crippen MR) is 212 cm³/mol. The minimum absolute atomic E-state index is 0.138. The van der Waals surface area contributed by atoms with Crippen LogP contribution in [-0.4, -0.2) is 24.1 Å². The van der Waals surface area contributed by atoms with E-state index in [-0.39, 0.29) is 20.2 Å². The molecule has 7 aromatic carbocycles. The van der Waals surface area contributed by atoms with E-state index in [4.69, 9.17) is 29.7 Å². The number of thiophene rings is 1. The number of rotatable bonds is 4. The molecule has 0 saturated heterocycles. The van der Waals surface area contributed by atoms with E-state index in [1.807, 2.05) is 0 Å². The van der Waals surface area contributed by atoms with Crippen LogP contribution in [0.25, 0.3) is 98.2 Å². The molecule has 0 amide bonds. The van der Waals surface area contributed by atoms with Crippen molar-refractivity contribution in [2.75, 3.05) is 0 Å². The van der Waals surface area contributed by atoms with Gasteiger partial charge in [-0.05, 0) is 36.3 Å². The van der Waals surface area contributed by atoms with Crippen LogP contribution in [0.2, 0.25) is 0 Å². The van der Waals surface area contributed by atoms with Gasteiger partial charge in [0.1, 0.15) is 0 Å². The van der Waals surface area contributed by atoms with Gasteiger partial charge in [-0.2, -0.15) is 9.97 Å². The second-order valence-electron chi connectivity index (χ2n) is 10.8. The lowest BCUT2D eigenvalue weighted by molar-refractivity contribution is 0.954. The number of hydrogen-bond acceptors (Lipinski definition) is 4. The van der Waals surface area contributed by atoms with E-state index in [1.54, 1.807) is 0 Å². The Bertz CT molecular complexity index is 4660. The van der Waals surface area contributed by atoms with Crippen molar-refractivity contribution in [3.63, 3.8) is 0 Å². The number of nitrogens with zero attached hydrogens (tertiary/aromatic N) is 5. The van der Waals surface area contributed by atoms with Crippen LogP contribution in [0.4, 0.5) is 0 Å². The molecule has 11 rings (SSSR count). The van der Waals surface area contributed by atoms with E-state index >= 15 is 0 Å². The second kappa shape index (κ2) is 10.9. The van der Waals surface area contributed by atoms with Crippen LogP contribution in [0.1, 0.15) is 37.0 Å². The fourth-order valence-electron chi connectivity index (χ4n) is 6.13. The first-order valence-corrected chi connectivity index (χ1v) is 15.7. The van der Waals surface area contributed by atoms with Crippen LogP contribution >= 0.6 is 11.3 Å². The van der Waals surface area contributed by atoms with Crippen molar-refractivity contribution in [3.05, 3.63) is 163 Å². The number of hydrogen-bond donors (Lipinski definition) is 0. The van der Waals surface area contributed by atoms with Gasteiger partial charge in [0, 0.05) is 58.5 Å². The van der Waals surface area contributed by atoms with Crippen LogP contribution in [-0.2, 0) is 0 Å². The van der Waals surface area contributed by atoms with Gasteiger partial charge in [0.25, 0.3) is 0 Å². The standard InChI is InChI=1S/C45H27N5S/c1-3-14-28(15-4-1)43-46-44(36-22-13-21-35-32-20-9-12-25-39(32)51-42(35)36)48-45(47-43)50-38-24-11-8-19-31(38)34-27-26-33-30-18-7-10-23-37(30)49(40(33)41(34)50)29-16-5-2-6-17-29/h1-27H/i1D,2D,3D,4D,5D,6D,7D,8D,9D,10D,11D,12D,13D,14D,15D,16D,17D,18D,19D,20D,21D,22D,23D,24D,25D,26D,27D. The summed E-state index contributed by atoms with van der Waals surface area (Å²) in [4.78, 5) is 13.8. The molecular weight excluding hydrogens is 643 g/mol. The quantitative estimate of drug-likeness (QED) is 0.184. The van der Waals surface area contributed by atoms with Crippen molar-refractivity contribution < 1.29 is 37.0 Å². The normalized spacial score (nSPS) is 19.3. The van der Waals surface area contributed by atoms with Crippen molar-refractivity contribution in [2.45, 2.75) is 0 Å². The molecule has 0 aliphatic carbocycles. The molecule has 0 N–H and O–H groups in total. The van der Waals surface area contributed by atoms with Crippen molar-refractivity contribution in [1.29, 1.82) is 0 Å². The molecule has 0 spiro atoms. The number of benzene rings is 7. The Morgan fingerprint density at radius 2 is 1.00 bits per heavy atom. The zero-order chi connectivity index (χ0) is 57.0. The summed E-state index contributed by atoms with van der Waals surface area (Å²) in [6.07, 6.45) is 0. The molecule has 5 nitrogen and oxygen atoms in total. The topological polar surface area (TPSA) is 48.5 Å². The molecule has 11 aromatic rings. The average molecular weight is 697 g/mol. The van der Waals surface area contributed by atoms with Gasteiger partial charge in [-0.3, -0.25) is 4.57 Å². The summed E-state index contributed by atoms with van der Waals surface area (Å²) in [6.45, 7) is 0. The van der Waals surface area contributed by atoms with E-state index in [9.17, 15) is 12.3 Å². The minimum atomic E-state index is -0.958. The lowest BCUT2D eigenvalue weighted by atomic mass is 10.1. The lowest BCUT2D eigenvalue weighted by Gasteiger charge is -2.13. The molecule has 4 heterocycles. The maximum atomic E-state index is 9.67. The molecule has 0 aliphatic heterocycles. The van der Waals surface area contributed by atoms with E-state index in [2.05, 4.69) is 9.97 Å². The summed E-state index contributed by atoms with van der Waals surface area (Å²) in [7, 11) is 0. The van der Waals surface area contributed by atoms with Crippen LogP contribution in [0.3, 0.4) is 0 Å². The first-order valence-electron chi connectivity index (χ1n) is 28.3. The molecule has 4 aromatic heterocycles. The van der Waals surface area contributed by atoms with E-state index in [1.165, 1.54) is 0 Å². The highest BCUT2D eigenvalue weighted by Gasteiger charge is 2.24.